The molecule has 1 aromatic rings. The molecule has 102 valence electrons. The molecule has 2 rings (SSSR count). The average molecular weight is 329 g/mol. The molecule has 0 unspecified atom stereocenters. The van der Waals surface area contributed by atoms with Gasteiger partial charge in [0.2, 0.25) is 5.91 Å². The van der Waals surface area contributed by atoms with Crippen LogP contribution in [0.15, 0.2) is 22.7 Å². The quantitative estimate of drug-likeness (QED) is 0.901. The van der Waals surface area contributed by atoms with E-state index in [2.05, 4.69) is 21.2 Å². The molecule has 0 radical (unpaired) electrons. The molecule has 19 heavy (non-hydrogen) atoms. The first-order valence-corrected chi connectivity index (χ1v) is 6.87. The second-order valence-electron chi connectivity index (χ2n) is 4.37. The van der Waals surface area contributed by atoms with Crippen LogP contribution in [0, 0.1) is 5.82 Å². The van der Waals surface area contributed by atoms with Gasteiger partial charge in [-0.2, -0.15) is 0 Å². The minimum Gasteiger partial charge on any atom is -0.353 e. The van der Waals surface area contributed by atoms with Crippen molar-refractivity contribution in [3.05, 3.63) is 34.1 Å². The standard InChI is InChI=1S/C13H14BrFN2O2/c1-2-11-12(18)16-3-4-17(11)13(19)8-5-9(14)7-10(15)6-8/h5-7,11H,2-4H2,1H3,(H,16,18)/t11-/m0/s1. The van der Waals surface area contributed by atoms with Gasteiger partial charge in [-0.1, -0.05) is 22.9 Å². The van der Waals surface area contributed by atoms with E-state index in [0.29, 0.717) is 24.0 Å². The Labute approximate surface area is 119 Å². The van der Waals surface area contributed by atoms with Gasteiger partial charge in [0, 0.05) is 23.1 Å². The second-order valence-corrected chi connectivity index (χ2v) is 5.29. The molecule has 0 bridgehead atoms. The van der Waals surface area contributed by atoms with E-state index in [1.807, 2.05) is 6.92 Å². The molecule has 4 nitrogen and oxygen atoms in total. The van der Waals surface area contributed by atoms with Gasteiger partial charge < -0.3 is 10.2 Å². The Morgan fingerprint density at radius 1 is 1.53 bits per heavy atom. The zero-order valence-corrected chi connectivity index (χ0v) is 12.0. The summed E-state index contributed by atoms with van der Waals surface area (Å²) in [6, 6.07) is 3.55. The van der Waals surface area contributed by atoms with Gasteiger partial charge in [-0.15, -0.1) is 0 Å². The fourth-order valence-electron chi connectivity index (χ4n) is 2.21. The van der Waals surface area contributed by atoms with Crippen LogP contribution in [0.3, 0.4) is 0 Å². The zero-order chi connectivity index (χ0) is 14.0. The summed E-state index contributed by atoms with van der Waals surface area (Å²) in [6.45, 7) is 2.71. The van der Waals surface area contributed by atoms with E-state index in [-0.39, 0.29) is 17.4 Å². The van der Waals surface area contributed by atoms with Gasteiger partial charge in [-0.3, -0.25) is 9.59 Å². The molecule has 0 spiro atoms. The molecule has 2 amide bonds. The molecular formula is C13H14BrFN2O2. The highest BCUT2D eigenvalue weighted by molar-refractivity contribution is 9.10. The van der Waals surface area contributed by atoms with E-state index in [1.165, 1.54) is 17.0 Å². The number of piperazine rings is 1. The maximum atomic E-state index is 13.3. The van der Waals surface area contributed by atoms with Gasteiger partial charge in [0.15, 0.2) is 0 Å². The van der Waals surface area contributed by atoms with Crippen LogP contribution in [0.2, 0.25) is 0 Å². The molecule has 0 aromatic heterocycles. The van der Waals surface area contributed by atoms with E-state index in [9.17, 15) is 14.0 Å². The molecule has 1 atom stereocenters. The van der Waals surface area contributed by atoms with Crippen molar-refractivity contribution in [2.75, 3.05) is 13.1 Å². The van der Waals surface area contributed by atoms with Gasteiger partial charge >= 0.3 is 0 Å². The number of nitrogens with zero attached hydrogens (tertiary/aromatic N) is 1. The van der Waals surface area contributed by atoms with Crippen molar-refractivity contribution >= 4 is 27.7 Å². The summed E-state index contributed by atoms with van der Waals surface area (Å²) in [5, 5.41) is 2.73. The lowest BCUT2D eigenvalue weighted by molar-refractivity contribution is -0.127. The van der Waals surface area contributed by atoms with Gasteiger partial charge in [0.1, 0.15) is 11.9 Å². The normalized spacial score (nSPS) is 19.2. The van der Waals surface area contributed by atoms with Gasteiger partial charge in [0.05, 0.1) is 0 Å². The van der Waals surface area contributed by atoms with Crippen molar-refractivity contribution in [3.8, 4) is 0 Å². The van der Waals surface area contributed by atoms with Crippen LogP contribution >= 0.6 is 15.9 Å². The van der Waals surface area contributed by atoms with Crippen molar-refractivity contribution < 1.29 is 14.0 Å². The Morgan fingerprint density at radius 2 is 2.26 bits per heavy atom. The smallest absolute Gasteiger partial charge is 0.254 e. The van der Waals surface area contributed by atoms with Crippen molar-refractivity contribution in [1.82, 2.24) is 10.2 Å². The Balaban J connectivity index is 2.29. The second kappa shape index (κ2) is 5.69. The number of rotatable bonds is 2. The van der Waals surface area contributed by atoms with E-state index in [1.54, 1.807) is 6.07 Å². The minimum absolute atomic E-state index is 0.155. The summed E-state index contributed by atoms with van der Waals surface area (Å²) in [5.41, 5.74) is 0.250. The van der Waals surface area contributed by atoms with Gasteiger partial charge in [-0.25, -0.2) is 4.39 Å². The fraction of sp³-hybridized carbons (Fsp3) is 0.385. The van der Waals surface area contributed by atoms with Crippen molar-refractivity contribution in [3.63, 3.8) is 0 Å². The zero-order valence-electron chi connectivity index (χ0n) is 10.5. The highest BCUT2D eigenvalue weighted by atomic mass is 79.9. The third-order valence-electron chi connectivity index (χ3n) is 3.09. The van der Waals surface area contributed by atoms with Crippen molar-refractivity contribution in [1.29, 1.82) is 0 Å². The van der Waals surface area contributed by atoms with Crippen LogP contribution in [-0.2, 0) is 4.79 Å². The average Bonchev–Trinajstić information content (AvgIpc) is 2.36. The highest BCUT2D eigenvalue weighted by Crippen LogP contribution is 2.19. The predicted molar refractivity (Wildman–Crippen MR) is 72.2 cm³/mol. The maximum absolute atomic E-state index is 13.3. The van der Waals surface area contributed by atoms with E-state index in [0.717, 1.165) is 0 Å². The molecule has 1 heterocycles. The SMILES string of the molecule is CC[C@H]1C(=O)NCCN1C(=O)c1cc(F)cc(Br)c1. The lowest BCUT2D eigenvalue weighted by atomic mass is 10.1. The number of amides is 2. The topological polar surface area (TPSA) is 49.4 Å². The van der Waals surface area contributed by atoms with E-state index < -0.39 is 11.9 Å². The molecule has 1 aliphatic heterocycles. The molecule has 0 aliphatic carbocycles. The van der Waals surface area contributed by atoms with E-state index in [4.69, 9.17) is 0 Å². The Hall–Kier alpha value is -1.43. The Kier molecular flexibility index (Phi) is 4.19. The number of halogens is 2. The maximum Gasteiger partial charge on any atom is 0.254 e. The molecule has 1 fully saturated rings. The van der Waals surface area contributed by atoms with Crippen LogP contribution in [0.25, 0.3) is 0 Å². The number of carbonyl (C=O) groups excluding carboxylic acids is 2. The molecule has 6 heteroatoms. The number of hydrogen-bond donors (Lipinski definition) is 1. The van der Waals surface area contributed by atoms with Crippen LogP contribution in [-0.4, -0.2) is 35.8 Å². The van der Waals surface area contributed by atoms with Crippen LogP contribution in [0.4, 0.5) is 4.39 Å². The first-order valence-electron chi connectivity index (χ1n) is 6.07. The molecular weight excluding hydrogens is 315 g/mol. The summed E-state index contributed by atoms with van der Waals surface area (Å²) < 4.78 is 13.8. The third-order valence-corrected chi connectivity index (χ3v) is 3.55. The number of hydrogen-bond acceptors (Lipinski definition) is 2. The molecule has 0 saturated carbocycles. The van der Waals surface area contributed by atoms with Crippen LogP contribution in [0.1, 0.15) is 23.7 Å². The Bertz CT molecular complexity index is 501. The summed E-state index contributed by atoms with van der Waals surface area (Å²) in [4.78, 5) is 25.6. The molecule has 1 saturated heterocycles. The highest BCUT2D eigenvalue weighted by Gasteiger charge is 2.32. The number of benzene rings is 1. The molecule has 1 aliphatic rings. The lowest BCUT2D eigenvalue weighted by Crippen LogP contribution is -2.56. The van der Waals surface area contributed by atoms with Crippen LogP contribution < -0.4 is 5.32 Å². The van der Waals surface area contributed by atoms with Crippen LogP contribution in [0.5, 0.6) is 0 Å². The monoisotopic (exact) mass is 328 g/mol. The van der Waals surface area contributed by atoms with Gasteiger partial charge in [0.25, 0.3) is 5.91 Å². The largest absolute Gasteiger partial charge is 0.353 e. The summed E-state index contributed by atoms with van der Waals surface area (Å²) in [7, 11) is 0. The minimum atomic E-state index is -0.483. The predicted octanol–water partition coefficient (Wildman–Crippen LogP) is 1.94. The third kappa shape index (κ3) is 2.94. The van der Waals surface area contributed by atoms with Crippen molar-refractivity contribution in [2.24, 2.45) is 0 Å². The molecule has 1 aromatic carbocycles. The first-order chi connectivity index (χ1) is 9.02. The fourth-order valence-corrected chi connectivity index (χ4v) is 2.67. The van der Waals surface area contributed by atoms with Crippen molar-refractivity contribution in [2.45, 2.75) is 19.4 Å². The van der Waals surface area contributed by atoms with E-state index >= 15 is 0 Å². The van der Waals surface area contributed by atoms with Gasteiger partial charge in [-0.05, 0) is 24.6 Å². The number of carbonyl (C=O) groups is 2. The first kappa shape index (κ1) is 14.0. The molecule has 1 N–H and O–H groups in total. The lowest BCUT2D eigenvalue weighted by Gasteiger charge is -2.34. The summed E-state index contributed by atoms with van der Waals surface area (Å²) in [6.07, 6.45) is 0.536. The summed E-state index contributed by atoms with van der Waals surface area (Å²) in [5.74, 6) is -0.952. The summed E-state index contributed by atoms with van der Waals surface area (Å²) >= 11 is 3.16. The number of nitrogens with one attached hydrogen (secondary N) is 1. The Morgan fingerprint density at radius 3 is 2.89 bits per heavy atom.